The van der Waals surface area contributed by atoms with Crippen molar-refractivity contribution in [2.45, 2.75) is 40.5 Å². The van der Waals surface area contributed by atoms with E-state index in [1.54, 1.807) is 6.08 Å². The van der Waals surface area contributed by atoms with Gasteiger partial charge in [-0.1, -0.05) is 42.5 Å². The van der Waals surface area contributed by atoms with Gasteiger partial charge in [0.2, 0.25) is 0 Å². The van der Waals surface area contributed by atoms with Crippen LogP contribution in [-0.2, 0) is 11.2 Å². The molecule has 158 valence electrons. The van der Waals surface area contributed by atoms with Crippen LogP contribution in [-0.4, -0.2) is 17.0 Å². The summed E-state index contributed by atoms with van der Waals surface area (Å²) in [6, 6.07) is 20.5. The van der Waals surface area contributed by atoms with Crippen LogP contribution >= 0.6 is 0 Å². The summed E-state index contributed by atoms with van der Waals surface area (Å²) in [4.78, 5) is 12.6. The predicted octanol–water partition coefficient (Wildman–Crippen LogP) is 5.37. The number of rotatable bonds is 7. The SMILES string of the molecule is Cc1cccc(-n2c(C)cc(/C=C(/C#N)C(=O)NCCCc3ccccc3)c2C)c1C. The first-order valence-electron chi connectivity index (χ1n) is 10.6. The summed E-state index contributed by atoms with van der Waals surface area (Å²) >= 11 is 0. The standard InChI is InChI=1S/C27H29N3O/c1-19-10-8-14-26(21(19)3)30-20(2)16-24(22(30)4)17-25(18-28)27(31)29-15-9-13-23-11-6-5-7-12-23/h5-8,10-12,14,16-17H,9,13,15H2,1-4H3,(H,29,31)/b25-17-. The van der Waals surface area contributed by atoms with Crippen LogP contribution in [0.3, 0.4) is 0 Å². The Labute approximate surface area is 184 Å². The zero-order chi connectivity index (χ0) is 22.4. The molecule has 0 spiro atoms. The topological polar surface area (TPSA) is 57.8 Å². The van der Waals surface area contributed by atoms with Crippen LogP contribution in [0.15, 0.2) is 60.2 Å². The summed E-state index contributed by atoms with van der Waals surface area (Å²) in [5.74, 6) is -0.327. The molecular formula is C27H29N3O. The molecule has 0 radical (unpaired) electrons. The van der Waals surface area contributed by atoms with Gasteiger partial charge in [-0.05, 0) is 81.0 Å². The molecule has 1 aromatic heterocycles. The van der Waals surface area contributed by atoms with Gasteiger partial charge < -0.3 is 9.88 Å². The van der Waals surface area contributed by atoms with Crippen molar-refractivity contribution in [1.29, 1.82) is 5.26 Å². The second kappa shape index (κ2) is 9.95. The number of hydrogen-bond acceptors (Lipinski definition) is 2. The highest BCUT2D eigenvalue weighted by atomic mass is 16.1. The lowest BCUT2D eigenvalue weighted by Crippen LogP contribution is -2.25. The molecule has 0 aliphatic heterocycles. The lowest BCUT2D eigenvalue weighted by molar-refractivity contribution is -0.117. The maximum Gasteiger partial charge on any atom is 0.261 e. The fourth-order valence-corrected chi connectivity index (χ4v) is 3.82. The van der Waals surface area contributed by atoms with Crippen LogP contribution < -0.4 is 5.32 Å². The van der Waals surface area contributed by atoms with E-state index in [1.165, 1.54) is 16.7 Å². The molecule has 1 amide bonds. The summed E-state index contributed by atoms with van der Waals surface area (Å²) in [5, 5.41) is 12.4. The number of benzene rings is 2. The molecule has 1 N–H and O–H groups in total. The zero-order valence-corrected chi connectivity index (χ0v) is 18.7. The van der Waals surface area contributed by atoms with Crippen molar-refractivity contribution in [3.05, 3.63) is 93.8 Å². The number of amides is 1. The van der Waals surface area contributed by atoms with E-state index in [-0.39, 0.29) is 11.5 Å². The van der Waals surface area contributed by atoms with Crippen molar-refractivity contribution in [2.75, 3.05) is 6.54 Å². The van der Waals surface area contributed by atoms with Gasteiger partial charge in [-0.2, -0.15) is 5.26 Å². The molecule has 31 heavy (non-hydrogen) atoms. The van der Waals surface area contributed by atoms with Gasteiger partial charge in [0.1, 0.15) is 11.6 Å². The Bertz CT molecular complexity index is 1150. The van der Waals surface area contributed by atoms with Gasteiger partial charge in [0, 0.05) is 23.6 Å². The third kappa shape index (κ3) is 5.13. The molecular weight excluding hydrogens is 382 g/mol. The smallest absolute Gasteiger partial charge is 0.261 e. The number of nitriles is 1. The van der Waals surface area contributed by atoms with E-state index in [1.807, 2.05) is 38.1 Å². The molecule has 0 atom stereocenters. The van der Waals surface area contributed by atoms with Crippen LogP contribution in [0.25, 0.3) is 11.8 Å². The van der Waals surface area contributed by atoms with Crippen molar-refractivity contribution in [2.24, 2.45) is 0 Å². The molecule has 1 heterocycles. The maximum absolute atomic E-state index is 12.6. The second-order valence-electron chi connectivity index (χ2n) is 7.90. The minimum atomic E-state index is -0.327. The lowest BCUT2D eigenvalue weighted by Gasteiger charge is -2.14. The maximum atomic E-state index is 12.6. The van der Waals surface area contributed by atoms with E-state index in [0.717, 1.165) is 35.5 Å². The second-order valence-corrected chi connectivity index (χ2v) is 7.90. The molecule has 0 bridgehead atoms. The highest BCUT2D eigenvalue weighted by Crippen LogP contribution is 2.26. The molecule has 4 nitrogen and oxygen atoms in total. The van der Waals surface area contributed by atoms with Gasteiger partial charge in [-0.3, -0.25) is 4.79 Å². The van der Waals surface area contributed by atoms with Gasteiger partial charge >= 0.3 is 0 Å². The first kappa shape index (κ1) is 22.1. The number of aryl methyl sites for hydroxylation is 3. The van der Waals surface area contributed by atoms with Gasteiger partial charge in [-0.15, -0.1) is 0 Å². The molecule has 0 unspecified atom stereocenters. The average molecular weight is 412 g/mol. The molecule has 3 rings (SSSR count). The number of hydrogen-bond donors (Lipinski definition) is 1. The van der Waals surface area contributed by atoms with Crippen molar-refractivity contribution in [1.82, 2.24) is 9.88 Å². The Morgan fingerprint density at radius 3 is 2.52 bits per heavy atom. The first-order chi connectivity index (χ1) is 14.9. The lowest BCUT2D eigenvalue weighted by atomic mass is 10.1. The van der Waals surface area contributed by atoms with E-state index in [4.69, 9.17) is 0 Å². The molecule has 0 saturated heterocycles. The summed E-state index contributed by atoms with van der Waals surface area (Å²) in [6.07, 6.45) is 3.41. The Morgan fingerprint density at radius 1 is 1.06 bits per heavy atom. The van der Waals surface area contributed by atoms with Crippen LogP contribution in [0, 0.1) is 39.0 Å². The first-order valence-corrected chi connectivity index (χ1v) is 10.6. The van der Waals surface area contributed by atoms with Gasteiger partial charge in [-0.25, -0.2) is 0 Å². The van der Waals surface area contributed by atoms with Gasteiger partial charge in [0.25, 0.3) is 5.91 Å². The van der Waals surface area contributed by atoms with Crippen LogP contribution in [0.5, 0.6) is 0 Å². The number of nitrogens with zero attached hydrogens (tertiary/aromatic N) is 2. The average Bonchev–Trinajstić information content (AvgIpc) is 3.05. The minimum absolute atomic E-state index is 0.126. The number of nitrogens with one attached hydrogen (secondary N) is 1. The zero-order valence-electron chi connectivity index (χ0n) is 18.7. The quantitative estimate of drug-likeness (QED) is 0.323. The number of carbonyl (C=O) groups excluding carboxylic acids is 1. The van der Waals surface area contributed by atoms with Crippen molar-refractivity contribution >= 4 is 12.0 Å². The monoisotopic (exact) mass is 411 g/mol. The molecule has 0 fully saturated rings. The van der Waals surface area contributed by atoms with E-state index in [0.29, 0.717) is 6.54 Å². The molecule has 0 aliphatic rings. The van der Waals surface area contributed by atoms with E-state index in [2.05, 4.69) is 60.1 Å². The Hall–Kier alpha value is -3.58. The van der Waals surface area contributed by atoms with E-state index in [9.17, 15) is 10.1 Å². The Kier molecular flexibility index (Phi) is 7.10. The third-order valence-corrected chi connectivity index (χ3v) is 5.72. The summed E-state index contributed by atoms with van der Waals surface area (Å²) in [7, 11) is 0. The van der Waals surface area contributed by atoms with E-state index < -0.39 is 0 Å². The molecule has 3 aromatic rings. The fraction of sp³-hybridized carbons (Fsp3) is 0.259. The van der Waals surface area contributed by atoms with Crippen LogP contribution in [0.2, 0.25) is 0 Å². The number of aromatic nitrogens is 1. The Morgan fingerprint density at radius 2 is 1.81 bits per heavy atom. The highest BCUT2D eigenvalue weighted by Gasteiger charge is 2.15. The fourth-order valence-electron chi connectivity index (χ4n) is 3.82. The molecule has 2 aromatic carbocycles. The normalized spacial score (nSPS) is 11.3. The minimum Gasteiger partial charge on any atom is -0.351 e. The van der Waals surface area contributed by atoms with Crippen LogP contribution in [0.4, 0.5) is 0 Å². The van der Waals surface area contributed by atoms with Crippen molar-refractivity contribution in [3.63, 3.8) is 0 Å². The van der Waals surface area contributed by atoms with E-state index >= 15 is 0 Å². The van der Waals surface area contributed by atoms with Crippen molar-refractivity contribution < 1.29 is 4.79 Å². The third-order valence-electron chi connectivity index (χ3n) is 5.72. The van der Waals surface area contributed by atoms with Crippen LogP contribution in [0.1, 0.15) is 40.1 Å². The molecule has 0 aliphatic carbocycles. The Balaban J connectivity index is 1.74. The summed E-state index contributed by atoms with van der Waals surface area (Å²) < 4.78 is 2.18. The largest absolute Gasteiger partial charge is 0.351 e. The molecule has 0 saturated carbocycles. The highest BCUT2D eigenvalue weighted by molar-refractivity contribution is 6.01. The molecule has 4 heteroatoms. The van der Waals surface area contributed by atoms with Crippen molar-refractivity contribution in [3.8, 4) is 11.8 Å². The predicted molar refractivity (Wildman–Crippen MR) is 126 cm³/mol. The van der Waals surface area contributed by atoms with Gasteiger partial charge in [0.05, 0.1) is 0 Å². The summed E-state index contributed by atoms with van der Waals surface area (Å²) in [5.41, 5.74) is 7.90. The number of carbonyl (C=O) groups is 1. The van der Waals surface area contributed by atoms with Gasteiger partial charge in [0.15, 0.2) is 0 Å². The summed E-state index contributed by atoms with van der Waals surface area (Å²) in [6.45, 7) is 8.82.